The van der Waals surface area contributed by atoms with Gasteiger partial charge in [-0.05, 0) is 13.0 Å². The molecule has 0 saturated heterocycles. The Hall–Kier alpha value is -1.07. The summed E-state index contributed by atoms with van der Waals surface area (Å²) in [6.07, 6.45) is 1.92. The molecule has 1 rings (SSSR count). The second-order valence-electron chi connectivity index (χ2n) is 2.56. The first kappa shape index (κ1) is 10.9. The largest absolute Gasteiger partial charge is 1.00 e. The molecule has 1 aromatic rings. The van der Waals surface area contributed by atoms with Crippen LogP contribution in [0.3, 0.4) is 0 Å². The van der Waals surface area contributed by atoms with Gasteiger partial charge >= 0.3 is 0 Å². The fraction of sp³-hybridized carbons (Fsp3) is 0.333. The van der Waals surface area contributed by atoms with E-state index in [2.05, 4.69) is 6.07 Å². The Morgan fingerprint density at radius 2 is 2.17 bits per heavy atom. The molecule has 0 bridgehead atoms. The second-order valence-corrected chi connectivity index (χ2v) is 2.56. The van der Waals surface area contributed by atoms with Crippen molar-refractivity contribution in [3.63, 3.8) is 0 Å². The number of aryl methyl sites for hydroxylation is 1. The van der Waals surface area contributed by atoms with E-state index >= 15 is 0 Å². The van der Waals surface area contributed by atoms with Crippen LogP contribution in [0.2, 0.25) is 0 Å². The average Bonchev–Trinajstić information content (AvgIpc) is 1.99. The van der Waals surface area contributed by atoms with Gasteiger partial charge in [-0.25, -0.2) is 0 Å². The lowest BCUT2D eigenvalue weighted by molar-refractivity contribution is -0.691. The van der Waals surface area contributed by atoms with E-state index in [4.69, 9.17) is 5.26 Å². The van der Waals surface area contributed by atoms with Gasteiger partial charge in [0.2, 0.25) is 6.54 Å². The smallest absolute Gasteiger partial charge is 0.234 e. The average molecular weight is 183 g/mol. The summed E-state index contributed by atoms with van der Waals surface area (Å²) >= 11 is 0. The number of nitrogens with zero attached hydrogens (tertiary/aromatic N) is 2. The van der Waals surface area contributed by atoms with Gasteiger partial charge in [-0.2, -0.15) is 9.83 Å². The van der Waals surface area contributed by atoms with Crippen LogP contribution in [-0.2, 0) is 6.54 Å². The second kappa shape index (κ2) is 4.74. The van der Waals surface area contributed by atoms with Crippen molar-refractivity contribution < 1.29 is 17.0 Å². The molecule has 1 heterocycles. The minimum atomic E-state index is 0. The van der Waals surface area contributed by atoms with Crippen LogP contribution in [0.1, 0.15) is 11.3 Å². The molecule has 0 atom stereocenters. The van der Waals surface area contributed by atoms with Crippen LogP contribution < -0.4 is 17.0 Å². The molecule has 2 nitrogen and oxygen atoms in total. The summed E-state index contributed by atoms with van der Waals surface area (Å²) in [7, 11) is 0. The van der Waals surface area contributed by atoms with Crippen LogP contribution in [-0.4, -0.2) is 0 Å². The highest BCUT2D eigenvalue weighted by Gasteiger charge is 2.05. The maximum atomic E-state index is 8.46. The van der Waals surface area contributed by atoms with Crippen LogP contribution in [0.4, 0.5) is 0 Å². The van der Waals surface area contributed by atoms with Gasteiger partial charge in [0.25, 0.3) is 0 Å². The molecule has 0 aliphatic carbocycles. The van der Waals surface area contributed by atoms with Crippen LogP contribution >= 0.6 is 0 Å². The molecule has 0 amide bonds. The van der Waals surface area contributed by atoms with Crippen LogP contribution in [0.5, 0.6) is 0 Å². The van der Waals surface area contributed by atoms with Crippen molar-refractivity contribution >= 4 is 0 Å². The molecule has 3 heteroatoms. The monoisotopic (exact) mass is 182 g/mol. The maximum absolute atomic E-state index is 8.46. The van der Waals surface area contributed by atoms with Crippen molar-refractivity contribution in [2.45, 2.75) is 20.4 Å². The fourth-order valence-electron chi connectivity index (χ4n) is 0.998. The summed E-state index contributed by atoms with van der Waals surface area (Å²) < 4.78 is 1.94. The molecule has 0 radical (unpaired) electrons. The number of nitriles is 1. The minimum absolute atomic E-state index is 0. The highest BCUT2D eigenvalue weighted by molar-refractivity contribution is 5.11. The molecule has 0 spiro atoms. The van der Waals surface area contributed by atoms with E-state index in [0.717, 1.165) is 5.69 Å². The standard InChI is InChI=1S/C9H11N2.ClH/c1-8-4-3-6-11(7-5-10)9(8)2;/h3-4,6H,7H2,1-2H3;1H/q+1;/p-1. The predicted octanol–water partition coefficient (Wildman–Crippen LogP) is -1.88. The third-order valence-corrected chi connectivity index (χ3v) is 1.85. The Labute approximate surface area is 78.9 Å². The zero-order valence-electron chi connectivity index (χ0n) is 7.21. The quantitative estimate of drug-likeness (QED) is 0.468. The summed E-state index contributed by atoms with van der Waals surface area (Å²) in [6, 6.07) is 6.12. The van der Waals surface area contributed by atoms with Gasteiger partial charge in [-0.1, -0.05) is 0 Å². The van der Waals surface area contributed by atoms with Gasteiger partial charge in [0.1, 0.15) is 6.07 Å². The third kappa shape index (κ3) is 2.21. The molecular formula is C9H11ClN2. The van der Waals surface area contributed by atoms with Gasteiger partial charge in [0, 0.05) is 18.6 Å². The lowest BCUT2D eigenvalue weighted by Gasteiger charge is -1.96. The number of hydrogen-bond donors (Lipinski definition) is 0. The Morgan fingerprint density at radius 3 is 2.75 bits per heavy atom. The van der Waals surface area contributed by atoms with E-state index < -0.39 is 0 Å². The van der Waals surface area contributed by atoms with E-state index in [1.54, 1.807) is 0 Å². The van der Waals surface area contributed by atoms with E-state index in [1.807, 2.05) is 36.7 Å². The number of halogens is 1. The van der Waals surface area contributed by atoms with E-state index in [-0.39, 0.29) is 12.4 Å². The molecule has 0 N–H and O–H groups in total. The van der Waals surface area contributed by atoms with Crippen molar-refractivity contribution in [2.24, 2.45) is 0 Å². The Bertz CT molecular complexity index is 302. The number of pyridine rings is 1. The molecule has 0 aliphatic heterocycles. The zero-order chi connectivity index (χ0) is 8.27. The molecule has 0 aliphatic rings. The van der Waals surface area contributed by atoms with Gasteiger partial charge < -0.3 is 12.4 Å². The van der Waals surface area contributed by atoms with Gasteiger partial charge in [0.15, 0.2) is 11.9 Å². The molecule has 0 fully saturated rings. The summed E-state index contributed by atoms with van der Waals surface area (Å²) in [4.78, 5) is 0. The lowest BCUT2D eigenvalue weighted by atomic mass is 10.2. The molecule has 1 aromatic heterocycles. The van der Waals surface area contributed by atoms with Crippen molar-refractivity contribution in [3.8, 4) is 6.07 Å². The van der Waals surface area contributed by atoms with Crippen molar-refractivity contribution in [3.05, 3.63) is 29.6 Å². The topological polar surface area (TPSA) is 27.7 Å². The fourth-order valence-corrected chi connectivity index (χ4v) is 0.998. The maximum Gasteiger partial charge on any atom is 0.234 e. The number of rotatable bonds is 1. The summed E-state index contributed by atoms with van der Waals surface area (Å²) in [5.74, 6) is 0. The first-order valence-electron chi connectivity index (χ1n) is 3.58. The van der Waals surface area contributed by atoms with E-state index in [9.17, 15) is 0 Å². The Morgan fingerprint density at radius 1 is 1.50 bits per heavy atom. The van der Waals surface area contributed by atoms with Crippen LogP contribution in [0.15, 0.2) is 18.3 Å². The van der Waals surface area contributed by atoms with Crippen molar-refractivity contribution in [1.29, 1.82) is 5.26 Å². The highest BCUT2D eigenvalue weighted by atomic mass is 35.5. The lowest BCUT2D eigenvalue weighted by Crippen LogP contribution is -3.00. The van der Waals surface area contributed by atoms with Crippen LogP contribution in [0.25, 0.3) is 0 Å². The van der Waals surface area contributed by atoms with Gasteiger partial charge in [0.05, 0.1) is 0 Å². The molecular weight excluding hydrogens is 172 g/mol. The third-order valence-electron chi connectivity index (χ3n) is 1.85. The minimum Gasteiger partial charge on any atom is -1.00 e. The van der Waals surface area contributed by atoms with E-state index in [0.29, 0.717) is 6.54 Å². The molecule has 0 unspecified atom stereocenters. The van der Waals surface area contributed by atoms with Crippen molar-refractivity contribution in [2.75, 3.05) is 0 Å². The summed E-state index contributed by atoms with van der Waals surface area (Å²) in [6.45, 7) is 4.50. The molecule has 64 valence electrons. The first-order chi connectivity index (χ1) is 5.25. The zero-order valence-corrected chi connectivity index (χ0v) is 7.97. The summed E-state index contributed by atoms with van der Waals surface area (Å²) in [5, 5.41) is 8.46. The number of aromatic nitrogens is 1. The molecule has 0 saturated carbocycles. The summed E-state index contributed by atoms with van der Waals surface area (Å²) in [5.41, 5.74) is 2.39. The normalized spacial score (nSPS) is 8.42. The van der Waals surface area contributed by atoms with Gasteiger partial charge in [-0.3, -0.25) is 0 Å². The molecule has 12 heavy (non-hydrogen) atoms. The predicted molar refractivity (Wildman–Crippen MR) is 41.7 cm³/mol. The van der Waals surface area contributed by atoms with E-state index in [1.165, 1.54) is 5.56 Å². The number of hydrogen-bond acceptors (Lipinski definition) is 1. The SMILES string of the molecule is Cc1ccc[n+](CC#N)c1C.[Cl-]. The Kier molecular flexibility index (Phi) is 4.31. The Balaban J connectivity index is 0.00000121. The van der Waals surface area contributed by atoms with Crippen molar-refractivity contribution in [1.82, 2.24) is 0 Å². The van der Waals surface area contributed by atoms with Gasteiger partial charge in [-0.15, -0.1) is 0 Å². The molecule has 0 aromatic carbocycles. The van der Waals surface area contributed by atoms with Crippen LogP contribution in [0, 0.1) is 25.2 Å². The first-order valence-corrected chi connectivity index (χ1v) is 3.58. The highest BCUT2D eigenvalue weighted by Crippen LogP contribution is 1.97.